The number of aliphatic hydroxyl groups excluding tert-OH is 1. The van der Waals surface area contributed by atoms with Crippen LogP contribution in [0.1, 0.15) is 65.7 Å². The fourth-order valence-electron chi connectivity index (χ4n) is 6.97. The molecule has 0 aromatic heterocycles. The Morgan fingerprint density at radius 1 is 1.09 bits per heavy atom. The van der Waals surface area contributed by atoms with Gasteiger partial charge in [-0.2, -0.15) is 0 Å². The van der Waals surface area contributed by atoms with Gasteiger partial charge in [-0.25, -0.2) is 0 Å². The molecule has 1 unspecified atom stereocenters. The number of aliphatic hydroxyl groups is 2. The molecule has 4 aliphatic carbocycles. The van der Waals surface area contributed by atoms with Crippen molar-refractivity contribution >= 4 is 0 Å². The fourth-order valence-corrected chi connectivity index (χ4v) is 6.97. The summed E-state index contributed by atoms with van der Waals surface area (Å²) < 4.78 is 0. The van der Waals surface area contributed by atoms with E-state index in [0.29, 0.717) is 11.8 Å². The molecule has 3 saturated carbocycles. The van der Waals surface area contributed by atoms with Crippen LogP contribution in [0, 0.1) is 28.6 Å². The van der Waals surface area contributed by atoms with E-state index < -0.39 is 11.7 Å². The zero-order chi connectivity index (χ0) is 16.6. The molecular weight excluding hydrogens is 284 g/mol. The predicted molar refractivity (Wildman–Crippen MR) is 92.9 cm³/mol. The molecule has 4 aliphatic rings. The molecule has 0 bridgehead atoms. The number of hydrogen-bond donors (Lipinski definition) is 2. The van der Waals surface area contributed by atoms with Gasteiger partial charge in [0.15, 0.2) is 0 Å². The van der Waals surface area contributed by atoms with Crippen molar-refractivity contribution in [2.24, 2.45) is 28.6 Å². The first-order valence-electron chi connectivity index (χ1n) is 9.48. The average Bonchev–Trinajstić information content (AvgIpc) is 2.71. The first-order valence-corrected chi connectivity index (χ1v) is 9.48. The van der Waals surface area contributed by atoms with Crippen molar-refractivity contribution in [3.05, 3.63) is 23.8 Å². The third-order valence-corrected chi connectivity index (χ3v) is 8.67. The highest BCUT2D eigenvalue weighted by atomic mass is 16.3. The Morgan fingerprint density at radius 2 is 1.78 bits per heavy atom. The zero-order valence-corrected chi connectivity index (χ0v) is 14.9. The standard InChI is InChI=1S/C21H32O2/c1-13-12-19(2)14(11-18(13)22)5-6-15-16(19)7-9-20(3)17(15)8-10-21(20,4)23/h11,15-18,22-23H,1,5-10,12H2,2-4H3/t15-,16+,17+,18?,19+,20+,21+/m1/s1. The molecule has 7 atom stereocenters. The lowest BCUT2D eigenvalue weighted by atomic mass is 9.46. The van der Waals surface area contributed by atoms with E-state index in [2.05, 4.69) is 33.4 Å². The molecule has 0 radical (unpaired) electrons. The van der Waals surface area contributed by atoms with Gasteiger partial charge in [0.25, 0.3) is 0 Å². The molecule has 128 valence electrons. The molecule has 0 amide bonds. The Labute approximate surface area is 140 Å². The van der Waals surface area contributed by atoms with E-state index in [1.807, 2.05) is 0 Å². The van der Waals surface area contributed by atoms with Gasteiger partial charge in [0.1, 0.15) is 0 Å². The minimum Gasteiger partial charge on any atom is -0.390 e. The summed E-state index contributed by atoms with van der Waals surface area (Å²) in [6.07, 6.45) is 9.47. The summed E-state index contributed by atoms with van der Waals surface area (Å²) in [5.74, 6) is 2.08. The fraction of sp³-hybridized carbons (Fsp3) is 0.810. The van der Waals surface area contributed by atoms with Gasteiger partial charge >= 0.3 is 0 Å². The van der Waals surface area contributed by atoms with E-state index in [1.165, 1.54) is 24.8 Å². The van der Waals surface area contributed by atoms with Crippen LogP contribution in [0.3, 0.4) is 0 Å². The van der Waals surface area contributed by atoms with Crippen molar-refractivity contribution in [1.29, 1.82) is 0 Å². The zero-order valence-electron chi connectivity index (χ0n) is 14.9. The molecule has 0 spiro atoms. The van der Waals surface area contributed by atoms with E-state index in [4.69, 9.17) is 0 Å². The summed E-state index contributed by atoms with van der Waals surface area (Å²) in [6, 6.07) is 0. The van der Waals surface area contributed by atoms with E-state index in [-0.39, 0.29) is 10.8 Å². The summed E-state index contributed by atoms with van der Waals surface area (Å²) in [4.78, 5) is 0. The van der Waals surface area contributed by atoms with Crippen LogP contribution >= 0.6 is 0 Å². The maximum Gasteiger partial charge on any atom is 0.0932 e. The highest BCUT2D eigenvalue weighted by molar-refractivity contribution is 5.33. The highest BCUT2D eigenvalue weighted by Gasteiger charge is 2.62. The smallest absolute Gasteiger partial charge is 0.0932 e. The molecular formula is C21H32O2. The molecule has 0 saturated heterocycles. The van der Waals surface area contributed by atoms with Gasteiger partial charge in [-0.3, -0.25) is 0 Å². The first-order chi connectivity index (χ1) is 10.7. The number of hydrogen-bond acceptors (Lipinski definition) is 2. The lowest BCUT2D eigenvalue weighted by Crippen LogP contribution is -2.54. The van der Waals surface area contributed by atoms with Gasteiger partial charge in [0, 0.05) is 0 Å². The van der Waals surface area contributed by atoms with Gasteiger partial charge < -0.3 is 10.2 Å². The van der Waals surface area contributed by atoms with Gasteiger partial charge in [0.2, 0.25) is 0 Å². The minimum atomic E-state index is -0.494. The van der Waals surface area contributed by atoms with Gasteiger partial charge in [-0.1, -0.05) is 32.1 Å². The summed E-state index contributed by atoms with van der Waals surface area (Å²) in [7, 11) is 0. The van der Waals surface area contributed by atoms with Crippen molar-refractivity contribution in [3.63, 3.8) is 0 Å². The summed E-state index contributed by atoms with van der Waals surface area (Å²) in [5, 5.41) is 21.1. The van der Waals surface area contributed by atoms with Crippen LogP contribution in [-0.4, -0.2) is 21.9 Å². The Bertz CT molecular complexity index is 574. The van der Waals surface area contributed by atoms with Crippen LogP contribution in [0.2, 0.25) is 0 Å². The van der Waals surface area contributed by atoms with Gasteiger partial charge in [0.05, 0.1) is 11.7 Å². The predicted octanol–water partition coefficient (Wildman–Crippen LogP) is 4.23. The third kappa shape index (κ3) is 1.94. The van der Waals surface area contributed by atoms with Crippen LogP contribution < -0.4 is 0 Å². The van der Waals surface area contributed by atoms with Gasteiger partial charge in [-0.15, -0.1) is 0 Å². The monoisotopic (exact) mass is 316 g/mol. The van der Waals surface area contributed by atoms with Crippen LogP contribution in [-0.2, 0) is 0 Å². The van der Waals surface area contributed by atoms with E-state index in [1.54, 1.807) is 0 Å². The Balaban J connectivity index is 1.70. The number of allylic oxidation sites excluding steroid dienone is 1. The number of rotatable bonds is 0. The molecule has 2 heteroatoms. The highest BCUT2D eigenvalue weighted by Crippen LogP contribution is 2.67. The van der Waals surface area contributed by atoms with Crippen LogP contribution in [0.25, 0.3) is 0 Å². The van der Waals surface area contributed by atoms with Crippen LogP contribution in [0.5, 0.6) is 0 Å². The maximum atomic E-state index is 11.0. The molecule has 3 fully saturated rings. The summed E-state index contributed by atoms with van der Waals surface area (Å²) in [5.41, 5.74) is 2.26. The Kier molecular flexibility index (Phi) is 3.27. The maximum absolute atomic E-state index is 11.0. The topological polar surface area (TPSA) is 40.5 Å². The van der Waals surface area contributed by atoms with Crippen molar-refractivity contribution in [2.75, 3.05) is 0 Å². The molecule has 0 aromatic carbocycles. The normalized spacial score (nSPS) is 55.7. The SMILES string of the molecule is C=C1C[C@@]2(C)C(=CC1O)CC[C@@H]1[C@@H]2CC[C@@]2(C)[C@H]1CC[C@]2(C)O. The van der Waals surface area contributed by atoms with E-state index >= 15 is 0 Å². The van der Waals surface area contributed by atoms with Gasteiger partial charge in [-0.05, 0) is 86.0 Å². The van der Waals surface area contributed by atoms with Crippen molar-refractivity contribution in [1.82, 2.24) is 0 Å². The molecule has 2 N–H and O–H groups in total. The van der Waals surface area contributed by atoms with Crippen molar-refractivity contribution in [2.45, 2.75) is 77.4 Å². The lowest BCUT2D eigenvalue weighted by molar-refractivity contribution is -0.117. The molecule has 0 heterocycles. The molecule has 2 nitrogen and oxygen atoms in total. The minimum absolute atomic E-state index is 0.0942. The number of fused-ring (bicyclic) bond motifs is 5. The third-order valence-electron chi connectivity index (χ3n) is 8.67. The average molecular weight is 316 g/mol. The van der Waals surface area contributed by atoms with Crippen molar-refractivity contribution < 1.29 is 10.2 Å². The second-order valence-corrected chi connectivity index (χ2v) is 9.57. The van der Waals surface area contributed by atoms with E-state index in [9.17, 15) is 10.2 Å². The molecule has 0 aromatic rings. The van der Waals surface area contributed by atoms with Crippen LogP contribution in [0.15, 0.2) is 23.8 Å². The summed E-state index contributed by atoms with van der Waals surface area (Å²) >= 11 is 0. The molecule has 4 rings (SSSR count). The first kappa shape index (κ1) is 15.9. The molecule has 0 aliphatic heterocycles. The Morgan fingerprint density at radius 3 is 2.52 bits per heavy atom. The lowest BCUT2D eigenvalue weighted by Gasteiger charge is -2.59. The summed E-state index contributed by atoms with van der Waals surface area (Å²) in [6.45, 7) is 11.0. The second-order valence-electron chi connectivity index (χ2n) is 9.57. The Hall–Kier alpha value is -0.600. The largest absolute Gasteiger partial charge is 0.390 e. The molecule has 23 heavy (non-hydrogen) atoms. The second kappa shape index (κ2) is 4.73. The van der Waals surface area contributed by atoms with Crippen LogP contribution in [0.4, 0.5) is 0 Å². The van der Waals surface area contributed by atoms with E-state index in [0.717, 1.165) is 37.2 Å². The quantitative estimate of drug-likeness (QED) is 0.657. The van der Waals surface area contributed by atoms with Crippen molar-refractivity contribution in [3.8, 4) is 0 Å².